The molecule has 0 bridgehead atoms. The Morgan fingerprint density at radius 2 is 1.92 bits per heavy atom. The minimum Gasteiger partial charge on any atom is -0.460 e. The van der Waals surface area contributed by atoms with Gasteiger partial charge in [0, 0.05) is 20.2 Å². The summed E-state index contributed by atoms with van der Waals surface area (Å²) in [5.41, 5.74) is 0.645. The Labute approximate surface area is 222 Å². The topological polar surface area (TPSA) is 92.9 Å². The highest BCUT2D eigenvalue weighted by atomic mass is 16.6. The number of likely N-dealkylation sites (tertiary alicyclic amines) is 1. The molecule has 1 amide bonds. The van der Waals surface area contributed by atoms with E-state index in [-0.39, 0.29) is 59.6 Å². The zero-order valence-electron chi connectivity index (χ0n) is 23.7. The molecular weight excluding hydrogens is 472 g/mol. The molecule has 37 heavy (non-hydrogen) atoms. The van der Waals surface area contributed by atoms with E-state index in [9.17, 15) is 9.59 Å². The average molecular weight is 521 g/mol. The van der Waals surface area contributed by atoms with Gasteiger partial charge in [-0.3, -0.25) is 9.59 Å². The number of nitrogens with zero attached hydrogens (tertiary/aromatic N) is 1. The molecule has 3 saturated heterocycles. The fourth-order valence-corrected chi connectivity index (χ4v) is 6.57. The Hall–Kier alpha value is -1.48. The van der Waals surface area contributed by atoms with Gasteiger partial charge in [0.1, 0.15) is 23.4 Å². The lowest BCUT2D eigenvalue weighted by Crippen LogP contribution is -2.55. The van der Waals surface area contributed by atoms with Crippen molar-refractivity contribution in [2.75, 3.05) is 39.9 Å². The zero-order valence-corrected chi connectivity index (χ0v) is 23.7. The van der Waals surface area contributed by atoms with E-state index in [0.29, 0.717) is 19.6 Å². The second-order valence-corrected chi connectivity index (χ2v) is 12.3. The number of nitrogens with one attached hydrogen (secondary N) is 1. The van der Waals surface area contributed by atoms with Gasteiger partial charge in [0.25, 0.3) is 0 Å². The molecule has 7 atom stereocenters. The average Bonchev–Trinajstić information content (AvgIpc) is 3.69. The second kappa shape index (κ2) is 11.7. The fraction of sp³-hybridized carbons (Fsp3) is 0.862. The Kier molecular flexibility index (Phi) is 9.04. The van der Waals surface area contributed by atoms with E-state index in [4.69, 9.17) is 18.9 Å². The summed E-state index contributed by atoms with van der Waals surface area (Å²) < 4.78 is 24.3. The predicted octanol–water partition coefficient (Wildman–Crippen LogP) is 3.48. The Morgan fingerprint density at radius 3 is 2.51 bits per heavy atom. The summed E-state index contributed by atoms with van der Waals surface area (Å²) in [5.74, 6) is -0.796. The summed E-state index contributed by atoms with van der Waals surface area (Å²) >= 11 is 0. The van der Waals surface area contributed by atoms with Crippen LogP contribution in [0.25, 0.3) is 0 Å². The van der Waals surface area contributed by atoms with Crippen LogP contribution in [0, 0.1) is 17.8 Å². The van der Waals surface area contributed by atoms with Crippen LogP contribution in [-0.2, 0) is 28.5 Å². The minimum atomic E-state index is -0.415. The van der Waals surface area contributed by atoms with E-state index in [1.165, 1.54) is 18.4 Å². The lowest BCUT2D eigenvalue weighted by Gasteiger charge is -2.42. The molecular formula is C29H48N2O6. The molecule has 1 N–H and O–H groups in total. The van der Waals surface area contributed by atoms with Gasteiger partial charge in [-0.05, 0) is 71.9 Å². The van der Waals surface area contributed by atoms with Crippen LogP contribution in [0.15, 0.2) is 11.6 Å². The van der Waals surface area contributed by atoms with Gasteiger partial charge in [0.15, 0.2) is 0 Å². The van der Waals surface area contributed by atoms with Crippen LogP contribution in [0.4, 0.5) is 0 Å². The van der Waals surface area contributed by atoms with Crippen molar-refractivity contribution < 1.29 is 28.5 Å². The number of carbonyl (C=O) groups excluding carboxylic acids is 2. The van der Waals surface area contributed by atoms with Crippen molar-refractivity contribution in [1.29, 1.82) is 0 Å². The first kappa shape index (κ1) is 28.5. The molecule has 4 fully saturated rings. The number of ether oxygens (including phenoxy) is 4. The summed E-state index contributed by atoms with van der Waals surface area (Å²) in [7, 11) is 1.68. The van der Waals surface area contributed by atoms with Gasteiger partial charge < -0.3 is 29.2 Å². The first-order valence-electron chi connectivity index (χ1n) is 14.3. The maximum Gasteiger partial charge on any atom is 0.306 e. The minimum absolute atomic E-state index is 0.0121. The third kappa shape index (κ3) is 6.57. The van der Waals surface area contributed by atoms with E-state index in [1.807, 2.05) is 13.8 Å². The van der Waals surface area contributed by atoms with Crippen LogP contribution < -0.4 is 5.32 Å². The molecule has 1 aliphatic carbocycles. The summed E-state index contributed by atoms with van der Waals surface area (Å²) in [4.78, 5) is 28.4. The molecule has 0 aromatic carbocycles. The molecule has 210 valence electrons. The molecule has 0 aromatic heterocycles. The zero-order chi connectivity index (χ0) is 26.8. The number of hydrogen-bond donors (Lipinski definition) is 1. The summed E-state index contributed by atoms with van der Waals surface area (Å²) in [6.07, 6.45) is 6.51. The fourth-order valence-electron chi connectivity index (χ4n) is 6.57. The highest BCUT2D eigenvalue weighted by molar-refractivity contribution is 5.84. The molecule has 1 spiro atoms. The Morgan fingerprint density at radius 1 is 1.22 bits per heavy atom. The maximum absolute atomic E-state index is 13.1. The number of allylic oxidation sites excluding steroid dienone is 1. The van der Waals surface area contributed by atoms with Crippen LogP contribution in [-0.4, -0.2) is 86.2 Å². The monoisotopic (exact) mass is 520 g/mol. The molecule has 0 aromatic rings. The van der Waals surface area contributed by atoms with Crippen molar-refractivity contribution in [3.63, 3.8) is 0 Å². The number of esters is 1. The van der Waals surface area contributed by atoms with Gasteiger partial charge in [0.05, 0.1) is 31.0 Å². The quantitative estimate of drug-likeness (QED) is 0.239. The molecule has 3 heterocycles. The van der Waals surface area contributed by atoms with Crippen molar-refractivity contribution in [3.05, 3.63) is 11.6 Å². The second-order valence-electron chi connectivity index (χ2n) is 12.3. The first-order chi connectivity index (χ1) is 17.6. The number of hydrogen-bond acceptors (Lipinski definition) is 7. The van der Waals surface area contributed by atoms with Crippen molar-refractivity contribution in [2.24, 2.45) is 17.8 Å². The van der Waals surface area contributed by atoms with Crippen molar-refractivity contribution >= 4 is 11.9 Å². The van der Waals surface area contributed by atoms with Crippen LogP contribution >= 0.6 is 0 Å². The molecule has 8 heteroatoms. The van der Waals surface area contributed by atoms with Crippen molar-refractivity contribution in [2.45, 2.75) is 103 Å². The summed E-state index contributed by atoms with van der Waals surface area (Å²) in [5, 5.41) is 3.05. The Bertz CT molecular complexity index is 845. The van der Waals surface area contributed by atoms with Gasteiger partial charge in [-0.1, -0.05) is 25.5 Å². The SMILES string of the molecule is CO[C@@H]1[C@H](OC(=O)C[C@@H](C(=O)NCCN2CCCC2)C(C)C)CCC2(CO2)[C@H]1[C@@]1(C)O[C@@H]1CC=C(C)C. The maximum atomic E-state index is 13.1. The van der Waals surface area contributed by atoms with Crippen LogP contribution in [0.1, 0.15) is 73.1 Å². The number of rotatable bonds is 12. The standard InChI is InChI=1S/C29H48N2O6/c1-19(2)9-10-23-28(5,37-23)26-25(34-6)22(11-12-29(26)18-35-29)36-24(32)17-21(20(3)4)27(33)30-13-16-31-14-7-8-15-31/h9,20-23,25-26H,7-8,10-18H2,1-6H3,(H,30,33)/t21-,22-,23-,25-,26-,28+,29?/m1/s1. The molecule has 1 unspecified atom stereocenters. The van der Waals surface area contributed by atoms with Crippen molar-refractivity contribution in [3.8, 4) is 0 Å². The normalized spacial score (nSPS) is 35.9. The molecule has 0 radical (unpaired) electrons. The Balaban J connectivity index is 1.35. The highest BCUT2D eigenvalue weighted by Crippen LogP contribution is 2.59. The van der Waals surface area contributed by atoms with Crippen LogP contribution in [0.2, 0.25) is 0 Å². The van der Waals surface area contributed by atoms with Gasteiger partial charge in [-0.15, -0.1) is 0 Å². The number of epoxide rings is 2. The predicted molar refractivity (Wildman–Crippen MR) is 141 cm³/mol. The van der Waals surface area contributed by atoms with Crippen molar-refractivity contribution in [1.82, 2.24) is 10.2 Å². The highest BCUT2D eigenvalue weighted by Gasteiger charge is 2.72. The van der Waals surface area contributed by atoms with E-state index >= 15 is 0 Å². The van der Waals surface area contributed by atoms with E-state index < -0.39 is 5.92 Å². The molecule has 4 rings (SSSR count). The van der Waals surface area contributed by atoms with Gasteiger partial charge in [-0.25, -0.2) is 0 Å². The molecule has 4 aliphatic rings. The van der Waals surface area contributed by atoms with Gasteiger partial charge >= 0.3 is 5.97 Å². The van der Waals surface area contributed by atoms with E-state index in [2.05, 4.69) is 37.1 Å². The molecule has 3 aliphatic heterocycles. The number of methoxy groups -OCH3 is 1. The smallest absolute Gasteiger partial charge is 0.306 e. The first-order valence-corrected chi connectivity index (χ1v) is 14.3. The van der Waals surface area contributed by atoms with E-state index in [1.54, 1.807) is 7.11 Å². The summed E-state index contributed by atoms with van der Waals surface area (Å²) in [6.45, 7) is 14.7. The van der Waals surface area contributed by atoms with Gasteiger partial charge in [0.2, 0.25) is 5.91 Å². The lowest BCUT2D eigenvalue weighted by atomic mass is 9.68. The van der Waals surface area contributed by atoms with Gasteiger partial charge in [-0.2, -0.15) is 0 Å². The lowest BCUT2D eigenvalue weighted by molar-refractivity contribution is -0.173. The third-order valence-corrected chi connectivity index (χ3v) is 8.97. The molecule has 8 nitrogen and oxygen atoms in total. The molecule has 1 saturated carbocycles. The van der Waals surface area contributed by atoms with Crippen LogP contribution in [0.5, 0.6) is 0 Å². The summed E-state index contributed by atoms with van der Waals surface area (Å²) in [6, 6.07) is 0. The third-order valence-electron chi connectivity index (χ3n) is 8.97. The van der Waals surface area contributed by atoms with E-state index in [0.717, 1.165) is 32.5 Å². The van der Waals surface area contributed by atoms with Crippen LogP contribution in [0.3, 0.4) is 0 Å². The largest absolute Gasteiger partial charge is 0.460 e. The number of amides is 1. The number of carbonyl (C=O) groups is 2.